The van der Waals surface area contributed by atoms with E-state index < -0.39 is 4.92 Å². The van der Waals surface area contributed by atoms with E-state index in [1.165, 1.54) is 31.4 Å². The van der Waals surface area contributed by atoms with Gasteiger partial charge in [-0.25, -0.2) is 4.79 Å². The summed E-state index contributed by atoms with van der Waals surface area (Å²) in [6, 6.07) is 5.20. The van der Waals surface area contributed by atoms with Crippen molar-refractivity contribution in [3.8, 4) is 0 Å². The first-order valence-corrected chi connectivity index (χ1v) is 6.89. The van der Waals surface area contributed by atoms with E-state index in [0.29, 0.717) is 18.7 Å². The Hall–Kier alpha value is -2.64. The van der Waals surface area contributed by atoms with Crippen LogP contribution in [0.4, 0.5) is 16.2 Å². The Morgan fingerprint density at radius 2 is 1.86 bits per heavy atom. The summed E-state index contributed by atoms with van der Waals surface area (Å²) in [5.41, 5.74) is 0.449. The molecule has 0 saturated heterocycles. The normalized spacial score (nSPS) is 9.86. The number of esters is 1. The van der Waals surface area contributed by atoms with Gasteiger partial charge < -0.3 is 15.4 Å². The predicted octanol–water partition coefficient (Wildman–Crippen LogP) is 2.45. The maximum Gasteiger partial charge on any atom is 0.319 e. The Morgan fingerprint density at radius 3 is 2.45 bits per heavy atom. The van der Waals surface area contributed by atoms with Crippen molar-refractivity contribution in [2.24, 2.45) is 0 Å². The topological polar surface area (TPSA) is 111 Å². The zero-order valence-corrected chi connectivity index (χ0v) is 12.3. The quantitative estimate of drug-likeness (QED) is 0.331. The standard InChI is InChI=1S/C14H19N3O5/c1-22-13(18)5-3-2-4-10-15-14(19)16-11-6-8-12(9-7-11)17(20)21/h6-9H,2-5,10H2,1H3,(H2,15,16,19). The molecule has 8 nitrogen and oxygen atoms in total. The summed E-state index contributed by atoms with van der Waals surface area (Å²) in [5, 5.41) is 15.8. The Bertz CT molecular complexity index is 516. The van der Waals surface area contributed by atoms with Gasteiger partial charge in [-0.2, -0.15) is 0 Å². The van der Waals surface area contributed by atoms with Crippen LogP contribution in [0.1, 0.15) is 25.7 Å². The molecule has 1 aromatic rings. The van der Waals surface area contributed by atoms with Gasteiger partial charge in [0.05, 0.1) is 12.0 Å². The lowest BCUT2D eigenvalue weighted by atomic mass is 10.2. The van der Waals surface area contributed by atoms with Crippen molar-refractivity contribution in [2.75, 3.05) is 19.0 Å². The van der Waals surface area contributed by atoms with Crippen molar-refractivity contribution in [1.82, 2.24) is 5.32 Å². The van der Waals surface area contributed by atoms with Gasteiger partial charge in [0.1, 0.15) is 0 Å². The number of ether oxygens (including phenoxy) is 1. The van der Waals surface area contributed by atoms with Crippen LogP contribution in [0.15, 0.2) is 24.3 Å². The van der Waals surface area contributed by atoms with E-state index in [0.717, 1.165) is 19.3 Å². The van der Waals surface area contributed by atoms with Crippen LogP contribution in [-0.2, 0) is 9.53 Å². The minimum absolute atomic E-state index is 0.0310. The molecular formula is C14H19N3O5. The van der Waals surface area contributed by atoms with E-state index in [-0.39, 0.29) is 17.7 Å². The molecule has 0 aliphatic heterocycles. The second kappa shape index (κ2) is 9.32. The number of hydrogen-bond acceptors (Lipinski definition) is 5. The molecule has 0 aliphatic carbocycles. The number of rotatable bonds is 8. The Morgan fingerprint density at radius 1 is 1.18 bits per heavy atom. The first-order valence-electron chi connectivity index (χ1n) is 6.89. The zero-order chi connectivity index (χ0) is 16.4. The number of nitro groups is 1. The van der Waals surface area contributed by atoms with E-state index in [2.05, 4.69) is 15.4 Å². The fourth-order valence-electron chi connectivity index (χ4n) is 1.72. The number of nitrogens with zero attached hydrogens (tertiary/aromatic N) is 1. The average molecular weight is 309 g/mol. The summed E-state index contributed by atoms with van der Waals surface area (Å²) in [5.74, 6) is -0.233. The van der Waals surface area contributed by atoms with Crippen molar-refractivity contribution in [1.29, 1.82) is 0 Å². The lowest BCUT2D eigenvalue weighted by Crippen LogP contribution is -2.29. The fourth-order valence-corrected chi connectivity index (χ4v) is 1.72. The fraction of sp³-hybridized carbons (Fsp3) is 0.429. The molecule has 1 rings (SSSR count). The first-order chi connectivity index (χ1) is 10.5. The lowest BCUT2D eigenvalue weighted by Gasteiger charge is -2.07. The van der Waals surface area contributed by atoms with E-state index in [1.54, 1.807) is 0 Å². The number of methoxy groups -OCH3 is 1. The number of amides is 2. The largest absolute Gasteiger partial charge is 0.469 e. The number of non-ortho nitro benzene ring substituents is 1. The molecular weight excluding hydrogens is 290 g/mol. The maximum atomic E-state index is 11.6. The molecule has 0 aromatic heterocycles. The summed E-state index contributed by atoms with van der Waals surface area (Å²) in [6.45, 7) is 0.486. The number of anilines is 1. The number of unbranched alkanes of at least 4 members (excludes halogenated alkanes) is 2. The molecule has 0 fully saturated rings. The average Bonchev–Trinajstić information content (AvgIpc) is 2.50. The molecule has 0 atom stereocenters. The summed E-state index contributed by atoms with van der Waals surface area (Å²) < 4.78 is 4.52. The van der Waals surface area contributed by atoms with Crippen molar-refractivity contribution in [2.45, 2.75) is 25.7 Å². The second-order valence-corrected chi connectivity index (χ2v) is 4.57. The van der Waals surface area contributed by atoms with Crippen LogP contribution in [0.3, 0.4) is 0 Å². The molecule has 0 spiro atoms. The third kappa shape index (κ3) is 6.69. The van der Waals surface area contributed by atoms with Crippen molar-refractivity contribution >= 4 is 23.4 Å². The number of urea groups is 1. The van der Waals surface area contributed by atoms with Gasteiger partial charge in [-0.15, -0.1) is 0 Å². The molecule has 0 radical (unpaired) electrons. The van der Waals surface area contributed by atoms with Crippen LogP contribution in [0, 0.1) is 10.1 Å². The highest BCUT2D eigenvalue weighted by Gasteiger charge is 2.06. The van der Waals surface area contributed by atoms with Crippen molar-refractivity contribution in [3.05, 3.63) is 34.4 Å². The predicted molar refractivity (Wildman–Crippen MR) is 80.6 cm³/mol. The lowest BCUT2D eigenvalue weighted by molar-refractivity contribution is -0.384. The molecule has 0 aliphatic rings. The van der Waals surface area contributed by atoms with Gasteiger partial charge in [-0.1, -0.05) is 6.42 Å². The number of nitrogens with one attached hydrogen (secondary N) is 2. The van der Waals surface area contributed by atoms with E-state index >= 15 is 0 Å². The van der Waals surface area contributed by atoms with E-state index in [4.69, 9.17) is 0 Å². The van der Waals surface area contributed by atoms with Crippen LogP contribution in [0.25, 0.3) is 0 Å². The van der Waals surface area contributed by atoms with Crippen LogP contribution in [0.2, 0.25) is 0 Å². The van der Waals surface area contributed by atoms with Gasteiger partial charge >= 0.3 is 12.0 Å². The second-order valence-electron chi connectivity index (χ2n) is 4.57. The number of nitro benzene ring substituents is 1. The summed E-state index contributed by atoms with van der Waals surface area (Å²) >= 11 is 0. The SMILES string of the molecule is COC(=O)CCCCCNC(=O)Nc1ccc([N+](=O)[O-])cc1. The number of hydrogen-bond donors (Lipinski definition) is 2. The van der Waals surface area contributed by atoms with Crippen molar-refractivity contribution < 1.29 is 19.2 Å². The van der Waals surface area contributed by atoms with Crippen LogP contribution in [0.5, 0.6) is 0 Å². The third-order valence-corrected chi connectivity index (χ3v) is 2.91. The van der Waals surface area contributed by atoms with E-state index in [1.807, 2.05) is 0 Å². The van der Waals surface area contributed by atoms with Gasteiger partial charge in [-0.05, 0) is 25.0 Å². The molecule has 0 unspecified atom stereocenters. The van der Waals surface area contributed by atoms with Gasteiger partial charge in [0, 0.05) is 30.8 Å². The smallest absolute Gasteiger partial charge is 0.319 e. The summed E-state index contributed by atoms with van der Waals surface area (Å²) in [6.07, 6.45) is 2.67. The van der Waals surface area contributed by atoms with Crippen molar-refractivity contribution in [3.63, 3.8) is 0 Å². The number of carbonyl (C=O) groups is 2. The summed E-state index contributed by atoms with van der Waals surface area (Å²) in [7, 11) is 1.35. The molecule has 2 amide bonds. The highest BCUT2D eigenvalue weighted by molar-refractivity contribution is 5.89. The molecule has 8 heteroatoms. The minimum atomic E-state index is -0.502. The molecule has 0 bridgehead atoms. The number of benzene rings is 1. The minimum Gasteiger partial charge on any atom is -0.469 e. The molecule has 120 valence electrons. The van der Waals surface area contributed by atoms with Crippen LogP contribution < -0.4 is 10.6 Å². The Balaban J connectivity index is 2.18. The maximum absolute atomic E-state index is 11.6. The molecule has 22 heavy (non-hydrogen) atoms. The highest BCUT2D eigenvalue weighted by atomic mass is 16.6. The molecule has 0 heterocycles. The Kier molecular flexibility index (Phi) is 7.38. The molecule has 2 N–H and O–H groups in total. The molecule has 1 aromatic carbocycles. The molecule has 0 saturated carbocycles. The Labute approximate surface area is 128 Å². The monoisotopic (exact) mass is 309 g/mol. The highest BCUT2D eigenvalue weighted by Crippen LogP contribution is 2.15. The van der Waals surface area contributed by atoms with Gasteiger partial charge in [0.25, 0.3) is 5.69 Å². The summed E-state index contributed by atoms with van der Waals surface area (Å²) in [4.78, 5) is 32.5. The number of carbonyl (C=O) groups excluding carboxylic acids is 2. The van der Waals surface area contributed by atoms with Gasteiger partial charge in [0.2, 0.25) is 0 Å². The van der Waals surface area contributed by atoms with Crippen LogP contribution >= 0.6 is 0 Å². The third-order valence-electron chi connectivity index (χ3n) is 2.91. The van der Waals surface area contributed by atoms with Gasteiger partial charge in [0.15, 0.2) is 0 Å². The van der Waals surface area contributed by atoms with Crippen LogP contribution in [-0.4, -0.2) is 30.6 Å². The first kappa shape index (κ1) is 17.4. The van der Waals surface area contributed by atoms with Gasteiger partial charge in [-0.3, -0.25) is 14.9 Å². The van der Waals surface area contributed by atoms with E-state index in [9.17, 15) is 19.7 Å². The zero-order valence-electron chi connectivity index (χ0n) is 12.3.